The Kier molecular flexibility index (Phi) is 3.51. The summed E-state index contributed by atoms with van der Waals surface area (Å²) >= 11 is 2.65. The minimum Gasteiger partial charge on any atom is -0.315 e. The maximum Gasteiger partial charge on any atom is 0.265 e. The first-order valence-corrected chi connectivity index (χ1v) is 6.49. The molecule has 15 heavy (non-hydrogen) atoms. The molecule has 0 bridgehead atoms. The summed E-state index contributed by atoms with van der Waals surface area (Å²) in [4.78, 5) is 12.0. The lowest BCUT2D eigenvalue weighted by molar-refractivity contribution is 0.147. The molecule has 0 aliphatic rings. The first-order chi connectivity index (χ1) is 6.73. The van der Waals surface area contributed by atoms with Gasteiger partial charge < -0.3 is 4.98 Å². The van der Waals surface area contributed by atoms with Crippen molar-refractivity contribution in [2.24, 2.45) is 0 Å². The lowest BCUT2D eigenvalue weighted by atomic mass is 10.3. The fraction of sp³-hybridized carbons (Fsp3) is 0.167. The molecule has 4 nitrogen and oxygen atoms in total. The fourth-order valence-corrected chi connectivity index (χ4v) is 3.48. The second-order valence-electron chi connectivity index (χ2n) is 2.47. The summed E-state index contributed by atoms with van der Waals surface area (Å²) in [6, 6.07) is 0.491. The summed E-state index contributed by atoms with van der Waals surface area (Å²) in [6.45, 7) is 0. The van der Waals surface area contributed by atoms with Crippen LogP contribution in [-0.4, -0.2) is 13.4 Å². The van der Waals surface area contributed by atoms with E-state index in [1.165, 1.54) is 0 Å². The number of rotatable bonds is 2. The summed E-state index contributed by atoms with van der Waals surface area (Å²) in [7, 11) is 0.602. The van der Waals surface area contributed by atoms with Gasteiger partial charge in [0, 0.05) is 22.3 Å². The van der Waals surface area contributed by atoms with Crippen molar-refractivity contribution in [3.63, 3.8) is 0 Å². The molecule has 1 N–H and O–H groups in total. The van der Waals surface area contributed by atoms with Crippen molar-refractivity contribution in [2.75, 3.05) is 0 Å². The van der Waals surface area contributed by atoms with Gasteiger partial charge in [0.05, 0.1) is 0 Å². The number of aromatic amines is 1. The first-order valence-electron chi connectivity index (χ1n) is 3.39. The summed E-state index contributed by atoms with van der Waals surface area (Å²) in [5, 5.41) is 0. The molecule has 84 valence electrons. The van der Waals surface area contributed by atoms with E-state index >= 15 is 0 Å². The SMILES string of the molecule is O=c1cc(C(F)F)c(S(=O)(=O)Cl)c(Br)[nH]1. The normalized spacial score (nSPS) is 12.1. The molecule has 0 fully saturated rings. The number of nitrogens with one attached hydrogen (secondary N) is 1. The number of hydrogen-bond donors (Lipinski definition) is 1. The van der Waals surface area contributed by atoms with Gasteiger partial charge in [0.25, 0.3) is 15.5 Å². The van der Waals surface area contributed by atoms with Crippen molar-refractivity contribution in [1.82, 2.24) is 4.98 Å². The van der Waals surface area contributed by atoms with Gasteiger partial charge in [0.15, 0.2) is 0 Å². The van der Waals surface area contributed by atoms with Crippen molar-refractivity contribution < 1.29 is 17.2 Å². The minimum absolute atomic E-state index is 0.389. The molecule has 0 aliphatic carbocycles. The van der Waals surface area contributed by atoms with Crippen LogP contribution in [0.4, 0.5) is 8.78 Å². The number of aromatic nitrogens is 1. The Labute approximate surface area is 95.8 Å². The van der Waals surface area contributed by atoms with Gasteiger partial charge in [0.2, 0.25) is 5.56 Å². The number of hydrogen-bond acceptors (Lipinski definition) is 3. The van der Waals surface area contributed by atoms with Crippen molar-refractivity contribution in [2.45, 2.75) is 11.3 Å². The largest absolute Gasteiger partial charge is 0.315 e. The van der Waals surface area contributed by atoms with E-state index in [1.54, 1.807) is 0 Å². The summed E-state index contributed by atoms with van der Waals surface area (Å²) in [5.41, 5.74) is -1.78. The molecule has 0 saturated heterocycles. The third-order valence-corrected chi connectivity index (χ3v) is 3.71. The van der Waals surface area contributed by atoms with E-state index in [2.05, 4.69) is 15.9 Å². The van der Waals surface area contributed by atoms with Crippen LogP contribution in [0.5, 0.6) is 0 Å². The van der Waals surface area contributed by atoms with Crippen LogP contribution >= 0.6 is 26.6 Å². The maximum atomic E-state index is 12.4. The maximum absolute atomic E-state index is 12.4. The number of alkyl halides is 2. The standard InChI is InChI=1S/C6H3BrClF2NO3S/c7-5-4(15(8,13)14)2(6(9)10)1-3(12)11-5/h1,6H,(H,11,12). The first kappa shape index (κ1) is 12.6. The van der Waals surface area contributed by atoms with Crippen molar-refractivity contribution in [1.29, 1.82) is 0 Å². The Morgan fingerprint density at radius 2 is 2.00 bits per heavy atom. The molecule has 0 saturated carbocycles. The number of halogens is 4. The molecule has 1 aromatic heterocycles. The average molecular weight is 323 g/mol. The zero-order chi connectivity index (χ0) is 11.8. The van der Waals surface area contributed by atoms with Crippen LogP contribution in [-0.2, 0) is 9.05 Å². The van der Waals surface area contributed by atoms with E-state index in [-0.39, 0.29) is 4.60 Å². The Hall–Kier alpha value is -0.470. The summed E-state index contributed by atoms with van der Waals surface area (Å²) < 4.78 is 46.4. The van der Waals surface area contributed by atoms with Crippen LogP contribution in [0.25, 0.3) is 0 Å². The van der Waals surface area contributed by atoms with Crippen LogP contribution in [0.2, 0.25) is 0 Å². The third kappa shape index (κ3) is 2.76. The number of H-pyrrole nitrogens is 1. The van der Waals surface area contributed by atoms with E-state index in [9.17, 15) is 22.0 Å². The molecular formula is C6H3BrClF2NO3S. The second kappa shape index (κ2) is 4.18. The number of pyridine rings is 1. The monoisotopic (exact) mass is 321 g/mol. The lowest BCUT2D eigenvalue weighted by Crippen LogP contribution is -2.12. The van der Waals surface area contributed by atoms with E-state index < -0.39 is 31.5 Å². The zero-order valence-electron chi connectivity index (χ0n) is 6.80. The smallest absolute Gasteiger partial charge is 0.265 e. The van der Waals surface area contributed by atoms with Gasteiger partial charge in [-0.1, -0.05) is 0 Å². The van der Waals surface area contributed by atoms with E-state index in [0.29, 0.717) is 6.07 Å². The van der Waals surface area contributed by atoms with E-state index in [1.807, 2.05) is 4.98 Å². The van der Waals surface area contributed by atoms with Gasteiger partial charge in [0.1, 0.15) is 9.50 Å². The highest BCUT2D eigenvalue weighted by atomic mass is 79.9. The van der Waals surface area contributed by atoms with Crippen molar-refractivity contribution >= 4 is 35.7 Å². The van der Waals surface area contributed by atoms with Crippen molar-refractivity contribution in [3.05, 3.63) is 26.6 Å². The topological polar surface area (TPSA) is 67.0 Å². The van der Waals surface area contributed by atoms with Gasteiger partial charge in [-0.25, -0.2) is 17.2 Å². The molecule has 1 aromatic rings. The van der Waals surface area contributed by atoms with Crippen molar-refractivity contribution in [3.8, 4) is 0 Å². The molecule has 0 radical (unpaired) electrons. The predicted octanol–water partition coefficient (Wildman–Crippen LogP) is 2.00. The highest BCUT2D eigenvalue weighted by molar-refractivity contribution is 9.10. The zero-order valence-corrected chi connectivity index (χ0v) is 9.96. The average Bonchev–Trinajstić information content (AvgIpc) is 1.99. The molecule has 0 aliphatic heterocycles. The highest BCUT2D eigenvalue weighted by Crippen LogP contribution is 2.31. The molecule has 0 amide bonds. The highest BCUT2D eigenvalue weighted by Gasteiger charge is 2.25. The van der Waals surface area contributed by atoms with Crippen LogP contribution in [0.1, 0.15) is 12.0 Å². The van der Waals surface area contributed by atoms with Crippen LogP contribution in [0.15, 0.2) is 20.4 Å². The van der Waals surface area contributed by atoms with Crippen LogP contribution in [0.3, 0.4) is 0 Å². The molecule has 0 spiro atoms. The lowest BCUT2D eigenvalue weighted by Gasteiger charge is -2.06. The quantitative estimate of drug-likeness (QED) is 0.669. The second-order valence-corrected chi connectivity index (χ2v) is 5.77. The van der Waals surface area contributed by atoms with Crippen LogP contribution < -0.4 is 5.56 Å². The molecule has 0 aromatic carbocycles. The Bertz CT molecular complexity index is 542. The van der Waals surface area contributed by atoms with Gasteiger partial charge in [-0.15, -0.1) is 0 Å². The Balaban J connectivity index is 3.70. The molecule has 1 heterocycles. The summed E-state index contributed by atoms with van der Waals surface area (Å²) in [5.74, 6) is 0. The molecule has 9 heteroatoms. The minimum atomic E-state index is -4.35. The van der Waals surface area contributed by atoms with Gasteiger partial charge in [-0.05, 0) is 15.9 Å². The molecule has 0 unspecified atom stereocenters. The van der Waals surface area contributed by atoms with E-state index in [0.717, 1.165) is 0 Å². The summed E-state index contributed by atoms with van der Waals surface area (Å²) in [6.07, 6.45) is -3.10. The van der Waals surface area contributed by atoms with Crippen LogP contribution in [0, 0.1) is 0 Å². The van der Waals surface area contributed by atoms with Gasteiger partial charge in [-0.3, -0.25) is 4.79 Å². The van der Waals surface area contributed by atoms with Gasteiger partial charge in [-0.2, -0.15) is 0 Å². The third-order valence-electron chi connectivity index (χ3n) is 1.46. The predicted molar refractivity (Wildman–Crippen MR) is 52.8 cm³/mol. The Morgan fingerprint density at radius 1 is 1.47 bits per heavy atom. The molecular weight excluding hydrogens is 319 g/mol. The van der Waals surface area contributed by atoms with E-state index in [4.69, 9.17) is 10.7 Å². The molecule has 1 rings (SSSR count). The molecule has 0 atom stereocenters. The van der Waals surface area contributed by atoms with Gasteiger partial charge >= 0.3 is 0 Å². The Morgan fingerprint density at radius 3 is 2.40 bits per heavy atom. The fourth-order valence-electron chi connectivity index (χ4n) is 0.944.